The third kappa shape index (κ3) is 5.42. The first-order valence-corrected chi connectivity index (χ1v) is 12.4. The standard InChI is InChI=1S/C29H29N5O3/c1-37-24-9-7-21(8-10-24)27(35)32-19-23-18-22-6-5-20(11-15-29(36)13-3-2-4-14-29)17-25(22)34(23)26-12-16-31-28(30)33-26/h5-10,12,16-18,36H,2-4,13-14,19H2,1H3,(H,32,35)(H2,30,31,33). The average molecular weight is 496 g/mol. The Morgan fingerprint density at radius 3 is 2.65 bits per heavy atom. The highest BCUT2D eigenvalue weighted by atomic mass is 16.5. The van der Waals surface area contributed by atoms with Gasteiger partial charge in [0.1, 0.15) is 17.2 Å². The van der Waals surface area contributed by atoms with Gasteiger partial charge in [-0.2, -0.15) is 4.98 Å². The Morgan fingerprint density at radius 1 is 1.14 bits per heavy atom. The highest BCUT2D eigenvalue weighted by Gasteiger charge is 2.26. The van der Waals surface area contributed by atoms with Gasteiger partial charge in [0.2, 0.25) is 5.95 Å². The summed E-state index contributed by atoms with van der Waals surface area (Å²) in [5.74, 6) is 7.51. The molecule has 0 spiro atoms. The van der Waals surface area contributed by atoms with E-state index in [1.807, 2.05) is 28.8 Å². The molecule has 0 bridgehead atoms. The van der Waals surface area contributed by atoms with Crippen LogP contribution in [0.15, 0.2) is 60.8 Å². The number of nitrogen functional groups attached to an aromatic ring is 1. The highest BCUT2D eigenvalue weighted by Crippen LogP contribution is 2.28. The molecule has 1 aliphatic carbocycles. The summed E-state index contributed by atoms with van der Waals surface area (Å²) in [4.78, 5) is 21.2. The number of fused-ring (bicyclic) bond motifs is 1. The number of benzene rings is 2. The van der Waals surface area contributed by atoms with Gasteiger partial charge in [-0.1, -0.05) is 24.3 Å². The zero-order valence-corrected chi connectivity index (χ0v) is 20.7. The molecule has 5 rings (SSSR count). The maximum absolute atomic E-state index is 12.8. The number of anilines is 1. The number of rotatable bonds is 5. The van der Waals surface area contributed by atoms with E-state index in [1.54, 1.807) is 43.6 Å². The van der Waals surface area contributed by atoms with Crippen molar-refractivity contribution in [3.63, 3.8) is 0 Å². The summed E-state index contributed by atoms with van der Waals surface area (Å²) in [6.07, 6.45) is 6.14. The van der Waals surface area contributed by atoms with Crippen LogP contribution in [0.2, 0.25) is 0 Å². The smallest absolute Gasteiger partial charge is 0.251 e. The molecule has 0 saturated heterocycles. The van der Waals surface area contributed by atoms with Crippen molar-refractivity contribution in [2.45, 2.75) is 44.2 Å². The fourth-order valence-corrected chi connectivity index (χ4v) is 4.69. The fourth-order valence-electron chi connectivity index (χ4n) is 4.69. The molecule has 0 atom stereocenters. The highest BCUT2D eigenvalue weighted by molar-refractivity contribution is 5.94. The molecule has 1 saturated carbocycles. The van der Waals surface area contributed by atoms with Crippen LogP contribution in [0.4, 0.5) is 5.95 Å². The minimum atomic E-state index is -0.923. The number of nitrogens with two attached hydrogens (primary N) is 1. The largest absolute Gasteiger partial charge is 0.497 e. The average Bonchev–Trinajstić information content (AvgIpc) is 3.29. The van der Waals surface area contributed by atoms with E-state index in [2.05, 4.69) is 27.1 Å². The molecule has 1 fully saturated rings. The number of amides is 1. The molecule has 8 heteroatoms. The van der Waals surface area contributed by atoms with Gasteiger partial charge in [0.15, 0.2) is 0 Å². The Hall–Kier alpha value is -4.35. The lowest BCUT2D eigenvalue weighted by Gasteiger charge is -2.26. The van der Waals surface area contributed by atoms with Crippen molar-refractivity contribution < 1.29 is 14.6 Å². The van der Waals surface area contributed by atoms with Crippen molar-refractivity contribution in [1.29, 1.82) is 0 Å². The third-order valence-corrected chi connectivity index (χ3v) is 6.67. The Balaban J connectivity index is 1.48. The van der Waals surface area contributed by atoms with Crippen molar-refractivity contribution >= 4 is 22.8 Å². The Labute approximate surface area is 215 Å². The summed E-state index contributed by atoms with van der Waals surface area (Å²) >= 11 is 0. The number of carbonyl (C=O) groups excluding carboxylic acids is 1. The number of nitrogens with one attached hydrogen (secondary N) is 1. The number of hydrogen-bond donors (Lipinski definition) is 3. The van der Waals surface area contributed by atoms with E-state index in [1.165, 1.54) is 0 Å². The number of methoxy groups -OCH3 is 1. The molecule has 1 aliphatic rings. The van der Waals surface area contributed by atoms with Gasteiger partial charge in [-0.05, 0) is 74.2 Å². The minimum absolute atomic E-state index is 0.156. The van der Waals surface area contributed by atoms with E-state index in [9.17, 15) is 9.90 Å². The quantitative estimate of drug-likeness (QED) is 0.361. The number of carbonyl (C=O) groups is 1. The maximum Gasteiger partial charge on any atom is 0.251 e. The monoisotopic (exact) mass is 495 g/mol. The van der Waals surface area contributed by atoms with Gasteiger partial charge in [-0.25, -0.2) is 4.98 Å². The Bertz CT molecular complexity index is 1490. The normalized spacial score (nSPS) is 14.5. The molecular weight excluding hydrogens is 466 g/mol. The van der Waals surface area contributed by atoms with Gasteiger partial charge >= 0.3 is 0 Å². The van der Waals surface area contributed by atoms with Gasteiger partial charge in [-0.15, -0.1) is 0 Å². The summed E-state index contributed by atoms with van der Waals surface area (Å²) in [5.41, 5.74) is 7.99. The van der Waals surface area contributed by atoms with Crippen LogP contribution in [-0.4, -0.2) is 38.3 Å². The summed E-state index contributed by atoms with van der Waals surface area (Å²) in [6.45, 7) is 0.268. The summed E-state index contributed by atoms with van der Waals surface area (Å²) < 4.78 is 7.12. The lowest BCUT2D eigenvalue weighted by molar-refractivity contribution is 0.0610. The van der Waals surface area contributed by atoms with Crippen molar-refractivity contribution in [3.05, 3.63) is 77.6 Å². The van der Waals surface area contributed by atoms with Crippen molar-refractivity contribution in [1.82, 2.24) is 19.9 Å². The van der Waals surface area contributed by atoms with Gasteiger partial charge in [-0.3, -0.25) is 9.36 Å². The summed E-state index contributed by atoms with van der Waals surface area (Å²) in [5, 5.41) is 14.8. The molecule has 0 aliphatic heterocycles. The van der Waals surface area contributed by atoms with Crippen LogP contribution in [0.1, 0.15) is 53.7 Å². The summed E-state index contributed by atoms with van der Waals surface area (Å²) in [6, 6.07) is 16.6. The predicted molar refractivity (Wildman–Crippen MR) is 142 cm³/mol. The zero-order chi connectivity index (χ0) is 25.8. The lowest BCUT2D eigenvalue weighted by Crippen LogP contribution is -2.29. The zero-order valence-electron chi connectivity index (χ0n) is 20.7. The summed E-state index contributed by atoms with van der Waals surface area (Å²) in [7, 11) is 1.59. The number of hydrogen-bond acceptors (Lipinski definition) is 6. The minimum Gasteiger partial charge on any atom is -0.497 e. The second kappa shape index (κ2) is 10.3. The fraction of sp³-hybridized carbons (Fsp3) is 0.276. The van der Waals surface area contributed by atoms with Crippen LogP contribution in [0.3, 0.4) is 0 Å². The van der Waals surface area contributed by atoms with Gasteiger partial charge < -0.3 is 20.9 Å². The number of aromatic nitrogens is 3. The first-order chi connectivity index (χ1) is 17.9. The van der Waals surface area contributed by atoms with Crippen molar-refractivity contribution in [3.8, 4) is 23.4 Å². The molecule has 188 valence electrons. The predicted octanol–water partition coefficient (Wildman–Crippen LogP) is 3.99. The molecule has 2 aromatic heterocycles. The first kappa shape index (κ1) is 24.3. The number of aliphatic hydroxyl groups is 1. The van der Waals surface area contributed by atoms with Crippen LogP contribution < -0.4 is 15.8 Å². The Morgan fingerprint density at radius 2 is 1.92 bits per heavy atom. The van der Waals surface area contributed by atoms with Crippen LogP contribution in [0, 0.1) is 11.8 Å². The SMILES string of the molecule is COc1ccc(C(=O)NCc2cc3ccc(C#CC4(O)CCCCC4)cc3n2-c2ccnc(N)n2)cc1. The van der Waals surface area contributed by atoms with Crippen LogP contribution in [-0.2, 0) is 6.54 Å². The molecule has 8 nitrogen and oxygen atoms in total. The molecule has 4 aromatic rings. The van der Waals surface area contributed by atoms with Crippen molar-refractivity contribution in [2.75, 3.05) is 12.8 Å². The first-order valence-electron chi connectivity index (χ1n) is 12.4. The van der Waals surface area contributed by atoms with Crippen LogP contribution in [0.25, 0.3) is 16.7 Å². The van der Waals surface area contributed by atoms with E-state index in [-0.39, 0.29) is 18.4 Å². The molecular formula is C29H29N5O3. The molecule has 1 amide bonds. The van der Waals surface area contributed by atoms with Gasteiger partial charge in [0.25, 0.3) is 5.91 Å². The molecule has 2 heterocycles. The molecule has 4 N–H and O–H groups in total. The molecule has 0 radical (unpaired) electrons. The van der Waals surface area contributed by atoms with E-state index in [4.69, 9.17) is 10.5 Å². The van der Waals surface area contributed by atoms with Gasteiger partial charge in [0, 0.05) is 28.4 Å². The molecule has 2 aromatic carbocycles. The lowest BCUT2D eigenvalue weighted by atomic mass is 9.85. The van der Waals surface area contributed by atoms with Gasteiger partial charge in [0.05, 0.1) is 19.2 Å². The van der Waals surface area contributed by atoms with Crippen LogP contribution >= 0.6 is 0 Å². The Kier molecular flexibility index (Phi) is 6.80. The van der Waals surface area contributed by atoms with E-state index in [0.29, 0.717) is 30.0 Å². The topological polar surface area (TPSA) is 115 Å². The van der Waals surface area contributed by atoms with Crippen molar-refractivity contribution in [2.24, 2.45) is 0 Å². The maximum atomic E-state index is 12.8. The number of ether oxygens (including phenoxy) is 1. The molecule has 37 heavy (non-hydrogen) atoms. The number of nitrogens with zero attached hydrogens (tertiary/aromatic N) is 3. The third-order valence-electron chi connectivity index (χ3n) is 6.67. The van der Waals surface area contributed by atoms with E-state index in [0.717, 1.165) is 41.4 Å². The second-order valence-corrected chi connectivity index (χ2v) is 9.27. The van der Waals surface area contributed by atoms with E-state index < -0.39 is 5.60 Å². The van der Waals surface area contributed by atoms with E-state index >= 15 is 0 Å². The second-order valence-electron chi connectivity index (χ2n) is 9.27. The molecule has 0 unspecified atom stereocenters. The van der Waals surface area contributed by atoms with Crippen LogP contribution in [0.5, 0.6) is 5.75 Å².